The van der Waals surface area contributed by atoms with Crippen molar-refractivity contribution in [2.24, 2.45) is 0 Å². The predicted molar refractivity (Wildman–Crippen MR) is 65.2 cm³/mol. The second-order valence-electron chi connectivity index (χ2n) is 4.07. The molecule has 2 atom stereocenters. The molecule has 0 bridgehead atoms. The maximum atomic E-state index is 12.8. The lowest BCUT2D eigenvalue weighted by Crippen LogP contribution is -2.40. The number of benzene rings is 1. The molecule has 0 aliphatic heterocycles. The average Bonchev–Trinajstić information content (AvgIpc) is 2.31. The summed E-state index contributed by atoms with van der Waals surface area (Å²) >= 11 is 0. The normalized spacial score (nSPS) is 14.9. The van der Waals surface area contributed by atoms with Crippen LogP contribution in [0.15, 0.2) is 24.3 Å². The van der Waals surface area contributed by atoms with Crippen molar-refractivity contribution in [2.75, 3.05) is 14.2 Å². The monoisotopic (exact) mass is 241 g/mol. The van der Waals surface area contributed by atoms with Crippen LogP contribution >= 0.6 is 0 Å². The van der Waals surface area contributed by atoms with Crippen LogP contribution in [0.2, 0.25) is 0 Å². The van der Waals surface area contributed by atoms with Gasteiger partial charge in [0.15, 0.2) is 6.29 Å². The van der Waals surface area contributed by atoms with Gasteiger partial charge < -0.3 is 14.8 Å². The van der Waals surface area contributed by atoms with Crippen LogP contribution in [0.1, 0.15) is 25.5 Å². The molecule has 1 N–H and O–H groups in total. The lowest BCUT2D eigenvalue weighted by atomic mass is 10.1. The molecule has 0 spiro atoms. The molecule has 3 nitrogen and oxygen atoms in total. The Hall–Kier alpha value is -0.970. The third-order valence-corrected chi connectivity index (χ3v) is 2.76. The van der Waals surface area contributed by atoms with Gasteiger partial charge in [-0.3, -0.25) is 0 Å². The second kappa shape index (κ2) is 6.69. The summed E-state index contributed by atoms with van der Waals surface area (Å²) in [7, 11) is 3.21. The molecule has 1 aromatic rings. The molecule has 0 saturated heterocycles. The molecule has 0 fully saturated rings. The van der Waals surface area contributed by atoms with Crippen LogP contribution in [-0.4, -0.2) is 26.6 Å². The Morgan fingerprint density at radius 3 is 2.06 bits per heavy atom. The van der Waals surface area contributed by atoms with Crippen LogP contribution in [0.4, 0.5) is 4.39 Å². The SMILES string of the molecule is COC(OC)C(C)NC(C)c1ccc(F)cc1. The Balaban J connectivity index is 2.59. The standard InChI is InChI=1S/C13H20FNO2/c1-9(11-5-7-12(14)8-6-11)15-10(2)13(16-3)17-4/h5-10,13,15H,1-4H3. The van der Waals surface area contributed by atoms with Gasteiger partial charge in [-0.25, -0.2) is 4.39 Å². The van der Waals surface area contributed by atoms with Crippen LogP contribution in [0, 0.1) is 5.82 Å². The molecule has 0 radical (unpaired) electrons. The lowest BCUT2D eigenvalue weighted by Gasteiger charge is -2.26. The summed E-state index contributed by atoms with van der Waals surface area (Å²) in [6.07, 6.45) is -0.294. The zero-order valence-corrected chi connectivity index (χ0v) is 10.7. The molecule has 1 rings (SSSR count). The first-order valence-electron chi connectivity index (χ1n) is 5.65. The third-order valence-electron chi connectivity index (χ3n) is 2.76. The summed E-state index contributed by atoms with van der Waals surface area (Å²) < 4.78 is 23.1. The van der Waals surface area contributed by atoms with Gasteiger partial charge in [-0.05, 0) is 31.5 Å². The maximum absolute atomic E-state index is 12.8. The number of halogens is 1. The molecule has 0 heterocycles. The fraction of sp³-hybridized carbons (Fsp3) is 0.538. The topological polar surface area (TPSA) is 30.5 Å². The summed E-state index contributed by atoms with van der Waals surface area (Å²) in [6, 6.07) is 6.62. The van der Waals surface area contributed by atoms with Gasteiger partial charge in [0.25, 0.3) is 0 Å². The Kier molecular flexibility index (Phi) is 5.55. The number of nitrogens with one attached hydrogen (secondary N) is 1. The van der Waals surface area contributed by atoms with Gasteiger partial charge in [0.05, 0.1) is 6.04 Å². The van der Waals surface area contributed by atoms with Gasteiger partial charge in [0, 0.05) is 20.3 Å². The summed E-state index contributed by atoms with van der Waals surface area (Å²) in [6.45, 7) is 4.00. The van der Waals surface area contributed by atoms with Crippen LogP contribution in [0.25, 0.3) is 0 Å². The summed E-state index contributed by atoms with van der Waals surface area (Å²) in [5.41, 5.74) is 1.03. The number of hydrogen-bond acceptors (Lipinski definition) is 3. The van der Waals surface area contributed by atoms with Crippen molar-refractivity contribution in [3.8, 4) is 0 Å². The zero-order chi connectivity index (χ0) is 12.8. The van der Waals surface area contributed by atoms with Crippen LogP contribution in [0.3, 0.4) is 0 Å². The Bertz CT molecular complexity index is 325. The van der Waals surface area contributed by atoms with Crippen molar-refractivity contribution in [2.45, 2.75) is 32.2 Å². The highest BCUT2D eigenvalue weighted by Crippen LogP contribution is 2.14. The van der Waals surface area contributed by atoms with E-state index in [0.717, 1.165) is 5.56 Å². The fourth-order valence-electron chi connectivity index (χ4n) is 1.83. The number of ether oxygens (including phenoxy) is 2. The minimum Gasteiger partial charge on any atom is -0.354 e. The quantitative estimate of drug-likeness (QED) is 0.776. The maximum Gasteiger partial charge on any atom is 0.171 e. The number of hydrogen-bond donors (Lipinski definition) is 1. The van der Waals surface area contributed by atoms with Crippen molar-refractivity contribution < 1.29 is 13.9 Å². The second-order valence-corrected chi connectivity index (χ2v) is 4.07. The van der Waals surface area contributed by atoms with E-state index in [1.54, 1.807) is 26.4 Å². The third kappa shape index (κ3) is 4.07. The van der Waals surface area contributed by atoms with E-state index in [2.05, 4.69) is 5.32 Å². The van der Waals surface area contributed by atoms with Gasteiger partial charge >= 0.3 is 0 Å². The molecule has 0 aromatic heterocycles. The first-order chi connectivity index (χ1) is 8.08. The highest BCUT2D eigenvalue weighted by molar-refractivity contribution is 5.19. The molecule has 1 aromatic carbocycles. The first-order valence-corrected chi connectivity index (χ1v) is 5.65. The Labute approximate surface area is 102 Å². The molecule has 0 saturated carbocycles. The summed E-state index contributed by atoms with van der Waals surface area (Å²) in [5, 5.41) is 3.35. The fourth-order valence-corrected chi connectivity index (χ4v) is 1.83. The van der Waals surface area contributed by atoms with Crippen molar-refractivity contribution in [3.05, 3.63) is 35.6 Å². The van der Waals surface area contributed by atoms with E-state index in [4.69, 9.17) is 9.47 Å². The molecule has 0 aliphatic carbocycles. The van der Waals surface area contributed by atoms with E-state index >= 15 is 0 Å². The lowest BCUT2D eigenvalue weighted by molar-refractivity contribution is -0.120. The molecule has 0 aliphatic rings. The summed E-state index contributed by atoms with van der Waals surface area (Å²) in [4.78, 5) is 0. The Morgan fingerprint density at radius 2 is 1.59 bits per heavy atom. The minimum absolute atomic E-state index is 0.0463. The smallest absolute Gasteiger partial charge is 0.171 e. The van der Waals surface area contributed by atoms with Crippen LogP contribution in [-0.2, 0) is 9.47 Å². The van der Waals surface area contributed by atoms with Gasteiger partial charge in [-0.15, -0.1) is 0 Å². The highest BCUT2D eigenvalue weighted by Gasteiger charge is 2.18. The summed E-state index contributed by atoms with van der Waals surface area (Å²) in [5.74, 6) is -0.222. The van der Waals surface area contributed by atoms with Gasteiger partial charge in [0.2, 0.25) is 0 Å². The number of methoxy groups -OCH3 is 2. The predicted octanol–water partition coefficient (Wildman–Crippen LogP) is 2.48. The van der Waals surface area contributed by atoms with Crippen molar-refractivity contribution >= 4 is 0 Å². The highest BCUT2D eigenvalue weighted by atomic mass is 19.1. The van der Waals surface area contributed by atoms with Gasteiger partial charge in [0.1, 0.15) is 5.82 Å². The van der Waals surface area contributed by atoms with E-state index < -0.39 is 0 Å². The molecular weight excluding hydrogens is 221 g/mol. The van der Waals surface area contributed by atoms with Crippen LogP contribution in [0.5, 0.6) is 0 Å². The van der Waals surface area contributed by atoms with E-state index in [0.29, 0.717) is 0 Å². The number of rotatable bonds is 6. The largest absolute Gasteiger partial charge is 0.354 e. The van der Waals surface area contributed by atoms with Crippen molar-refractivity contribution in [1.29, 1.82) is 0 Å². The molecule has 0 amide bonds. The zero-order valence-electron chi connectivity index (χ0n) is 10.7. The van der Waals surface area contributed by atoms with Crippen molar-refractivity contribution in [1.82, 2.24) is 5.32 Å². The first kappa shape index (κ1) is 14.1. The van der Waals surface area contributed by atoms with Crippen molar-refractivity contribution in [3.63, 3.8) is 0 Å². The molecule has 96 valence electrons. The van der Waals surface area contributed by atoms with E-state index in [-0.39, 0.29) is 24.2 Å². The molecule has 4 heteroatoms. The molecule has 17 heavy (non-hydrogen) atoms. The van der Waals surface area contributed by atoms with E-state index in [1.807, 2.05) is 13.8 Å². The van der Waals surface area contributed by atoms with Gasteiger partial charge in [-0.1, -0.05) is 12.1 Å². The Morgan fingerprint density at radius 1 is 1.06 bits per heavy atom. The van der Waals surface area contributed by atoms with E-state index in [1.165, 1.54) is 12.1 Å². The van der Waals surface area contributed by atoms with E-state index in [9.17, 15) is 4.39 Å². The minimum atomic E-state index is -0.294. The van der Waals surface area contributed by atoms with Crippen LogP contribution < -0.4 is 5.32 Å². The molecular formula is C13H20FNO2. The van der Waals surface area contributed by atoms with Gasteiger partial charge in [-0.2, -0.15) is 0 Å². The molecule has 2 unspecified atom stereocenters. The average molecular weight is 241 g/mol.